The van der Waals surface area contributed by atoms with Crippen LogP contribution in [-0.4, -0.2) is 70.6 Å². The Morgan fingerprint density at radius 2 is 1.89 bits per heavy atom. The van der Waals surface area contributed by atoms with Gasteiger partial charge in [0, 0.05) is 32.1 Å². The number of alkyl halides is 3. The second kappa shape index (κ2) is 12.3. The number of hydrogen-bond acceptors (Lipinski definition) is 6. The van der Waals surface area contributed by atoms with E-state index in [4.69, 9.17) is 4.74 Å². The van der Waals surface area contributed by atoms with E-state index in [1.807, 2.05) is 21.8 Å². The molecule has 1 saturated heterocycles. The molecule has 2 heterocycles. The number of hydrogen-bond donors (Lipinski definition) is 1. The molecular weight excluding hydrogens is 477 g/mol. The highest BCUT2D eigenvalue weighted by Gasteiger charge is 2.43. The van der Waals surface area contributed by atoms with Gasteiger partial charge in [0.25, 0.3) is 11.5 Å². The molecule has 1 aliphatic heterocycles. The van der Waals surface area contributed by atoms with E-state index >= 15 is 0 Å². The quantitative estimate of drug-likeness (QED) is 0.571. The average molecular weight is 515 g/mol. The molecule has 36 heavy (non-hydrogen) atoms. The molecule has 1 aromatic heterocycles. The first-order chi connectivity index (χ1) is 17.1. The Morgan fingerprint density at radius 3 is 2.44 bits per heavy atom. The molecule has 1 aromatic rings. The average Bonchev–Trinajstić information content (AvgIpc) is 3.61. The fourth-order valence-corrected chi connectivity index (χ4v) is 4.85. The fourth-order valence-electron chi connectivity index (χ4n) is 4.85. The third-order valence-electron chi connectivity index (χ3n) is 6.94. The summed E-state index contributed by atoms with van der Waals surface area (Å²) in [6, 6.07) is -0.368. The number of Topliss-reactive ketones (excluding diaryl/α,β-unsaturated/α-hetero) is 1. The third-order valence-corrected chi connectivity index (χ3v) is 6.94. The van der Waals surface area contributed by atoms with Crippen molar-refractivity contribution >= 4 is 11.7 Å². The number of halogens is 3. The van der Waals surface area contributed by atoms with Crippen LogP contribution in [0, 0.1) is 5.92 Å². The molecule has 0 bridgehead atoms. The number of nitrogens with zero attached hydrogens (tertiary/aromatic N) is 3. The van der Waals surface area contributed by atoms with E-state index in [9.17, 15) is 27.6 Å². The summed E-state index contributed by atoms with van der Waals surface area (Å²) in [5.41, 5.74) is -2.12. The van der Waals surface area contributed by atoms with Gasteiger partial charge in [-0.05, 0) is 51.0 Å². The van der Waals surface area contributed by atoms with Crippen LogP contribution in [0.5, 0.6) is 0 Å². The summed E-state index contributed by atoms with van der Waals surface area (Å²) in [6.07, 6.45) is 0.239. The number of aromatic amines is 1. The smallest absolute Gasteiger partial charge is 0.366 e. The van der Waals surface area contributed by atoms with Crippen LogP contribution in [0.25, 0.3) is 0 Å². The number of amides is 1. The van der Waals surface area contributed by atoms with Gasteiger partial charge in [-0.15, -0.1) is 0 Å². The molecule has 2 atom stereocenters. The largest absolute Gasteiger partial charge is 0.422 e. The minimum Gasteiger partial charge on any atom is -0.366 e. The summed E-state index contributed by atoms with van der Waals surface area (Å²) in [5.74, 6) is 0.763. The zero-order chi connectivity index (χ0) is 26.5. The number of carbonyl (C=O) groups excluding carboxylic acids is 2. The lowest BCUT2D eigenvalue weighted by molar-refractivity contribution is -0.151. The van der Waals surface area contributed by atoms with Gasteiger partial charge in [0.1, 0.15) is 17.5 Å². The predicted molar refractivity (Wildman–Crippen MR) is 127 cm³/mol. The van der Waals surface area contributed by atoms with Crippen molar-refractivity contribution in [2.24, 2.45) is 5.92 Å². The first-order valence-electron chi connectivity index (χ1n) is 12.9. The molecule has 1 N–H and O–H groups in total. The number of fused-ring (bicyclic) bond motifs is 1. The lowest BCUT2D eigenvalue weighted by Gasteiger charge is -2.37. The maximum absolute atomic E-state index is 13.4. The summed E-state index contributed by atoms with van der Waals surface area (Å²) in [6.45, 7) is 8.20. The number of ether oxygens (including phenoxy) is 1. The van der Waals surface area contributed by atoms with Crippen LogP contribution in [0.15, 0.2) is 4.79 Å². The number of morpholine rings is 1. The lowest BCUT2D eigenvalue weighted by Crippen LogP contribution is -2.52. The van der Waals surface area contributed by atoms with Crippen molar-refractivity contribution in [1.82, 2.24) is 20.0 Å². The standard InChI is InChI=1S/C20H29F3N4O3.C5H8O/c1-3-5-9-26(8-4-2)19(29)15-12-27(10-11-30-15)14-7-6-13-16(20(21,22)23)18(28)25-24-17(13)14;1-4(6)5-2-3-5/h14-15H,3-12H2,1-2H3,(H,25,28);5H,2-3H2,1H3. The Labute approximate surface area is 209 Å². The predicted octanol–water partition coefficient (Wildman–Crippen LogP) is 3.50. The van der Waals surface area contributed by atoms with Crippen molar-refractivity contribution in [3.05, 3.63) is 27.2 Å². The highest BCUT2D eigenvalue weighted by Crippen LogP contribution is 2.40. The summed E-state index contributed by atoms with van der Waals surface area (Å²) in [5, 5.41) is 5.96. The van der Waals surface area contributed by atoms with E-state index in [1.165, 1.54) is 0 Å². The first kappa shape index (κ1) is 28.3. The SMILES string of the molecule is CC(=O)C1CC1.CCCCN(CCC)C(=O)C1CN(C2CCc3c2n[nH]c(=O)c3C(F)(F)F)CCO1. The number of nitrogens with one attached hydrogen (secondary N) is 1. The van der Waals surface area contributed by atoms with Crippen molar-refractivity contribution in [3.63, 3.8) is 0 Å². The number of H-pyrrole nitrogens is 1. The number of rotatable bonds is 8. The topological polar surface area (TPSA) is 95.6 Å². The van der Waals surface area contributed by atoms with E-state index < -0.39 is 23.4 Å². The van der Waals surface area contributed by atoms with Gasteiger partial charge in [0.2, 0.25) is 0 Å². The molecule has 0 radical (unpaired) electrons. The maximum atomic E-state index is 13.4. The van der Waals surface area contributed by atoms with Gasteiger partial charge in [-0.3, -0.25) is 19.3 Å². The summed E-state index contributed by atoms with van der Waals surface area (Å²) in [4.78, 5) is 38.7. The van der Waals surface area contributed by atoms with Crippen molar-refractivity contribution < 1.29 is 27.5 Å². The maximum Gasteiger partial charge on any atom is 0.422 e. The monoisotopic (exact) mass is 514 g/mol. The van der Waals surface area contributed by atoms with Gasteiger partial charge in [-0.1, -0.05) is 20.3 Å². The van der Waals surface area contributed by atoms with Crippen molar-refractivity contribution in [1.29, 1.82) is 0 Å². The van der Waals surface area contributed by atoms with Crippen LogP contribution in [0.3, 0.4) is 0 Å². The first-order valence-corrected chi connectivity index (χ1v) is 12.9. The molecule has 1 saturated carbocycles. The van der Waals surface area contributed by atoms with Crippen LogP contribution in [0.2, 0.25) is 0 Å². The van der Waals surface area contributed by atoms with Crippen LogP contribution >= 0.6 is 0 Å². The number of ketones is 1. The van der Waals surface area contributed by atoms with E-state index in [0.717, 1.165) is 32.1 Å². The summed E-state index contributed by atoms with van der Waals surface area (Å²) < 4.78 is 45.8. The van der Waals surface area contributed by atoms with E-state index in [2.05, 4.69) is 12.0 Å². The Hall–Kier alpha value is -2.27. The second-order valence-corrected chi connectivity index (χ2v) is 9.76. The Balaban J connectivity index is 0.000000526. The molecule has 0 aromatic carbocycles. The Morgan fingerprint density at radius 1 is 1.17 bits per heavy atom. The Kier molecular flexibility index (Phi) is 9.68. The fraction of sp³-hybridized carbons (Fsp3) is 0.760. The molecule has 0 spiro atoms. The van der Waals surface area contributed by atoms with Gasteiger partial charge >= 0.3 is 6.18 Å². The molecule has 1 amide bonds. The summed E-state index contributed by atoms with van der Waals surface area (Å²) >= 11 is 0. The Bertz CT molecular complexity index is 977. The highest BCUT2D eigenvalue weighted by atomic mass is 19.4. The van der Waals surface area contributed by atoms with E-state index in [1.54, 1.807) is 6.92 Å². The number of unbranched alkanes of at least 4 members (excludes halogenated alkanes) is 1. The number of aromatic nitrogens is 2. The van der Waals surface area contributed by atoms with Crippen LogP contribution in [0.4, 0.5) is 13.2 Å². The lowest BCUT2D eigenvalue weighted by atomic mass is 10.1. The molecular formula is C25H37F3N4O4. The van der Waals surface area contributed by atoms with Crippen LogP contribution < -0.4 is 5.56 Å². The molecule has 11 heteroatoms. The molecule has 202 valence electrons. The normalized spacial score (nSPS) is 21.9. The molecule has 2 fully saturated rings. The van der Waals surface area contributed by atoms with Gasteiger partial charge in [-0.25, -0.2) is 5.10 Å². The van der Waals surface area contributed by atoms with E-state index in [0.29, 0.717) is 50.9 Å². The van der Waals surface area contributed by atoms with Crippen molar-refractivity contribution in [2.75, 3.05) is 32.8 Å². The zero-order valence-electron chi connectivity index (χ0n) is 21.3. The molecule has 2 unspecified atom stereocenters. The minimum absolute atomic E-state index is 0.0267. The zero-order valence-corrected chi connectivity index (χ0v) is 21.3. The van der Waals surface area contributed by atoms with Crippen LogP contribution in [-0.2, 0) is 26.9 Å². The highest BCUT2D eigenvalue weighted by molar-refractivity contribution is 5.81. The van der Waals surface area contributed by atoms with Gasteiger partial charge in [-0.2, -0.15) is 18.3 Å². The van der Waals surface area contributed by atoms with E-state index in [-0.39, 0.29) is 29.6 Å². The third kappa shape index (κ3) is 6.94. The number of carbonyl (C=O) groups is 2. The summed E-state index contributed by atoms with van der Waals surface area (Å²) in [7, 11) is 0. The molecule has 3 aliphatic rings. The molecule has 2 aliphatic carbocycles. The van der Waals surface area contributed by atoms with Crippen LogP contribution in [0.1, 0.15) is 82.2 Å². The van der Waals surface area contributed by atoms with Gasteiger partial charge in [0.15, 0.2) is 0 Å². The molecule has 4 rings (SSSR count). The molecule has 8 nitrogen and oxygen atoms in total. The van der Waals surface area contributed by atoms with Gasteiger partial charge in [0.05, 0.1) is 18.3 Å². The van der Waals surface area contributed by atoms with Crippen molar-refractivity contribution in [2.45, 2.75) is 84.0 Å². The van der Waals surface area contributed by atoms with Crippen molar-refractivity contribution in [3.8, 4) is 0 Å². The second-order valence-electron chi connectivity index (χ2n) is 9.76. The minimum atomic E-state index is -4.72. The van der Waals surface area contributed by atoms with Gasteiger partial charge < -0.3 is 9.64 Å².